The van der Waals surface area contributed by atoms with Crippen LogP contribution >= 0.6 is 0 Å². The van der Waals surface area contributed by atoms with Gasteiger partial charge in [-0.25, -0.2) is 0 Å². The normalized spacial score (nSPS) is 12.8. The molecule has 0 amide bonds. The Morgan fingerprint density at radius 3 is 2.46 bits per heavy atom. The highest BCUT2D eigenvalue weighted by Gasteiger charge is 2.10. The van der Waals surface area contributed by atoms with Gasteiger partial charge in [0.05, 0.1) is 6.10 Å². The molecule has 2 rings (SSSR count). The number of benzene rings is 2. The molecule has 0 heterocycles. The van der Waals surface area contributed by atoms with E-state index in [2.05, 4.69) is 59.8 Å². The molecule has 2 aromatic rings. The summed E-state index contributed by atoms with van der Waals surface area (Å²) in [5.41, 5.74) is 4.99. The predicted octanol–water partition coefficient (Wildman–Crippen LogP) is 3.36. The molecule has 0 aliphatic heterocycles. The number of hydrogen-bond donors (Lipinski definition) is 2. The molecule has 2 aromatic carbocycles. The van der Waals surface area contributed by atoms with E-state index in [1.807, 2.05) is 18.2 Å². The van der Waals surface area contributed by atoms with Crippen LogP contribution in [0.2, 0.25) is 0 Å². The number of hydrogen-bond acceptors (Lipinski definition) is 2. The first kappa shape index (κ1) is 18.0. The average molecular weight is 325 g/mol. The van der Waals surface area contributed by atoms with Crippen molar-refractivity contribution in [2.45, 2.75) is 26.5 Å². The molecule has 0 radical (unpaired) electrons. The minimum atomic E-state index is -0.00846. The number of nitrogens with zero attached hydrogens (tertiary/aromatic N) is 1. The molecule has 2 N–H and O–H groups in total. The van der Waals surface area contributed by atoms with Crippen molar-refractivity contribution in [1.82, 2.24) is 10.6 Å². The van der Waals surface area contributed by atoms with E-state index in [0.717, 1.165) is 18.1 Å². The molecule has 0 saturated carbocycles. The molecular weight excluding hydrogens is 298 g/mol. The van der Waals surface area contributed by atoms with Gasteiger partial charge in [-0.15, -0.1) is 0 Å². The van der Waals surface area contributed by atoms with Crippen molar-refractivity contribution in [3.8, 4) is 0 Å². The third-order valence-electron chi connectivity index (χ3n) is 4.08. The van der Waals surface area contributed by atoms with Crippen molar-refractivity contribution in [3.05, 3.63) is 70.8 Å². The summed E-state index contributed by atoms with van der Waals surface area (Å²) in [6, 6.07) is 16.7. The highest BCUT2D eigenvalue weighted by molar-refractivity contribution is 5.79. The monoisotopic (exact) mass is 325 g/mol. The Kier molecular flexibility index (Phi) is 6.82. The molecule has 0 aromatic heterocycles. The van der Waals surface area contributed by atoms with Crippen molar-refractivity contribution in [1.29, 1.82) is 0 Å². The number of methoxy groups -OCH3 is 1. The van der Waals surface area contributed by atoms with Gasteiger partial charge in [0.1, 0.15) is 0 Å². The fourth-order valence-corrected chi connectivity index (χ4v) is 2.64. The largest absolute Gasteiger partial charge is 0.375 e. The van der Waals surface area contributed by atoms with Gasteiger partial charge in [-0.05, 0) is 30.5 Å². The summed E-state index contributed by atoms with van der Waals surface area (Å²) in [4.78, 5) is 4.29. The summed E-state index contributed by atoms with van der Waals surface area (Å²) in [6.07, 6.45) is -0.00846. The standard InChI is InChI=1S/C20H27N3O/c1-15-10-11-18(16(2)12-15)13-22-20(21-3)23-14-19(24-4)17-8-6-5-7-9-17/h5-12,19H,13-14H2,1-4H3,(H2,21,22,23). The van der Waals surface area contributed by atoms with Gasteiger partial charge in [-0.2, -0.15) is 0 Å². The first-order valence-corrected chi connectivity index (χ1v) is 8.22. The first-order chi connectivity index (χ1) is 11.6. The summed E-state index contributed by atoms with van der Waals surface area (Å²) >= 11 is 0. The van der Waals surface area contributed by atoms with Crippen LogP contribution in [0.4, 0.5) is 0 Å². The number of ether oxygens (including phenoxy) is 1. The molecule has 4 nitrogen and oxygen atoms in total. The van der Waals surface area contributed by atoms with E-state index < -0.39 is 0 Å². The Bertz CT molecular complexity index is 668. The fourth-order valence-electron chi connectivity index (χ4n) is 2.64. The van der Waals surface area contributed by atoms with Crippen molar-refractivity contribution >= 4 is 5.96 Å². The van der Waals surface area contributed by atoms with Gasteiger partial charge in [-0.1, -0.05) is 54.1 Å². The predicted molar refractivity (Wildman–Crippen MR) is 100 cm³/mol. The molecule has 128 valence electrons. The Hall–Kier alpha value is -2.33. The average Bonchev–Trinajstić information content (AvgIpc) is 2.60. The number of rotatable bonds is 6. The van der Waals surface area contributed by atoms with E-state index >= 15 is 0 Å². The van der Waals surface area contributed by atoms with E-state index in [-0.39, 0.29) is 6.10 Å². The minimum Gasteiger partial charge on any atom is -0.375 e. The molecule has 1 atom stereocenters. The molecule has 0 saturated heterocycles. The Morgan fingerprint density at radius 2 is 1.83 bits per heavy atom. The van der Waals surface area contributed by atoms with E-state index in [1.54, 1.807) is 14.2 Å². The summed E-state index contributed by atoms with van der Waals surface area (Å²) < 4.78 is 5.58. The fraction of sp³-hybridized carbons (Fsp3) is 0.350. The highest BCUT2D eigenvalue weighted by atomic mass is 16.5. The van der Waals surface area contributed by atoms with E-state index in [1.165, 1.54) is 16.7 Å². The maximum absolute atomic E-state index is 5.58. The topological polar surface area (TPSA) is 45.7 Å². The van der Waals surface area contributed by atoms with Crippen LogP contribution in [0.5, 0.6) is 0 Å². The third-order valence-corrected chi connectivity index (χ3v) is 4.08. The highest BCUT2D eigenvalue weighted by Crippen LogP contribution is 2.14. The quantitative estimate of drug-likeness (QED) is 0.632. The molecule has 4 heteroatoms. The van der Waals surface area contributed by atoms with Gasteiger partial charge >= 0.3 is 0 Å². The van der Waals surface area contributed by atoms with Gasteiger partial charge in [0, 0.05) is 27.2 Å². The van der Waals surface area contributed by atoms with Crippen LogP contribution in [0.15, 0.2) is 53.5 Å². The Morgan fingerprint density at radius 1 is 1.08 bits per heavy atom. The zero-order valence-electron chi connectivity index (χ0n) is 15.0. The van der Waals surface area contributed by atoms with Crippen LogP contribution in [0.3, 0.4) is 0 Å². The van der Waals surface area contributed by atoms with Gasteiger partial charge in [-0.3, -0.25) is 4.99 Å². The van der Waals surface area contributed by atoms with Crippen molar-refractivity contribution in [2.75, 3.05) is 20.7 Å². The van der Waals surface area contributed by atoms with E-state index in [4.69, 9.17) is 4.74 Å². The van der Waals surface area contributed by atoms with Crippen LogP contribution in [-0.4, -0.2) is 26.7 Å². The number of aryl methyl sites for hydroxylation is 2. The molecule has 1 unspecified atom stereocenters. The van der Waals surface area contributed by atoms with Crippen molar-refractivity contribution < 1.29 is 4.74 Å². The lowest BCUT2D eigenvalue weighted by molar-refractivity contribution is 0.106. The lowest BCUT2D eigenvalue weighted by Crippen LogP contribution is -2.39. The SMILES string of the molecule is CN=C(NCc1ccc(C)cc1C)NCC(OC)c1ccccc1. The molecule has 0 bridgehead atoms. The van der Waals surface area contributed by atoms with E-state index in [0.29, 0.717) is 6.54 Å². The Labute approximate surface area is 145 Å². The van der Waals surface area contributed by atoms with Gasteiger partial charge in [0.15, 0.2) is 5.96 Å². The van der Waals surface area contributed by atoms with E-state index in [9.17, 15) is 0 Å². The van der Waals surface area contributed by atoms with Crippen molar-refractivity contribution in [2.24, 2.45) is 4.99 Å². The summed E-state index contributed by atoms with van der Waals surface area (Å²) in [5, 5.41) is 6.69. The Balaban J connectivity index is 1.90. The lowest BCUT2D eigenvalue weighted by atomic mass is 10.1. The van der Waals surface area contributed by atoms with Gasteiger partial charge in [0.2, 0.25) is 0 Å². The second-order valence-electron chi connectivity index (χ2n) is 5.87. The summed E-state index contributed by atoms with van der Waals surface area (Å²) in [5.74, 6) is 0.771. The molecule has 0 aliphatic carbocycles. The van der Waals surface area contributed by atoms with Crippen LogP contribution in [0, 0.1) is 13.8 Å². The van der Waals surface area contributed by atoms with Gasteiger partial charge in [0.25, 0.3) is 0 Å². The second kappa shape index (κ2) is 9.08. The van der Waals surface area contributed by atoms with Crippen molar-refractivity contribution in [3.63, 3.8) is 0 Å². The maximum Gasteiger partial charge on any atom is 0.191 e. The molecule has 24 heavy (non-hydrogen) atoms. The zero-order chi connectivity index (χ0) is 17.4. The molecule has 0 spiro atoms. The lowest BCUT2D eigenvalue weighted by Gasteiger charge is -2.19. The minimum absolute atomic E-state index is 0.00846. The summed E-state index contributed by atoms with van der Waals surface area (Å²) in [6.45, 7) is 5.65. The zero-order valence-corrected chi connectivity index (χ0v) is 15.0. The third kappa shape index (κ3) is 5.10. The molecular formula is C20H27N3O. The first-order valence-electron chi connectivity index (χ1n) is 8.22. The number of guanidine groups is 1. The summed E-state index contributed by atoms with van der Waals surface area (Å²) in [7, 11) is 3.51. The number of aliphatic imine (C=N–C) groups is 1. The van der Waals surface area contributed by atoms with Gasteiger partial charge < -0.3 is 15.4 Å². The van der Waals surface area contributed by atoms with Crippen LogP contribution in [-0.2, 0) is 11.3 Å². The number of nitrogens with one attached hydrogen (secondary N) is 2. The van der Waals surface area contributed by atoms with Crippen LogP contribution < -0.4 is 10.6 Å². The molecule has 0 fully saturated rings. The second-order valence-corrected chi connectivity index (χ2v) is 5.87. The maximum atomic E-state index is 5.58. The smallest absolute Gasteiger partial charge is 0.191 e. The molecule has 0 aliphatic rings. The van der Waals surface area contributed by atoms with Crippen LogP contribution in [0.25, 0.3) is 0 Å². The van der Waals surface area contributed by atoms with Crippen LogP contribution in [0.1, 0.15) is 28.4 Å².